The van der Waals surface area contributed by atoms with Crippen LogP contribution in [0.2, 0.25) is 5.02 Å². The second-order valence-electron chi connectivity index (χ2n) is 3.94. The molecule has 1 heterocycles. The lowest BCUT2D eigenvalue weighted by Gasteiger charge is -2.07. The summed E-state index contributed by atoms with van der Waals surface area (Å²) in [7, 11) is 1.95. The van der Waals surface area contributed by atoms with Gasteiger partial charge in [0, 0.05) is 29.1 Å². The van der Waals surface area contributed by atoms with E-state index in [-0.39, 0.29) is 0 Å². The SMILES string of the molecule is CNCCc1nc2ccc(Cl)cc2cc1C. The lowest BCUT2D eigenvalue weighted by molar-refractivity contribution is 0.775. The molecule has 1 N–H and O–H groups in total. The average molecular weight is 235 g/mol. The molecule has 1 aromatic heterocycles. The van der Waals surface area contributed by atoms with Crippen molar-refractivity contribution in [3.63, 3.8) is 0 Å². The fourth-order valence-electron chi connectivity index (χ4n) is 1.79. The molecule has 0 bridgehead atoms. The van der Waals surface area contributed by atoms with Crippen LogP contribution in [-0.2, 0) is 6.42 Å². The Bertz CT molecular complexity index is 509. The maximum Gasteiger partial charge on any atom is 0.0706 e. The molecule has 0 aliphatic rings. The Labute approximate surface area is 101 Å². The van der Waals surface area contributed by atoms with Crippen LogP contribution < -0.4 is 5.32 Å². The van der Waals surface area contributed by atoms with Crippen LogP contribution in [0, 0.1) is 6.92 Å². The molecule has 0 fully saturated rings. The first kappa shape index (κ1) is 11.4. The molecule has 0 unspecified atom stereocenters. The predicted octanol–water partition coefficient (Wildman–Crippen LogP) is 2.96. The van der Waals surface area contributed by atoms with Gasteiger partial charge in [-0.1, -0.05) is 11.6 Å². The van der Waals surface area contributed by atoms with Crippen LogP contribution in [0.3, 0.4) is 0 Å². The number of fused-ring (bicyclic) bond motifs is 1. The molecule has 0 atom stereocenters. The van der Waals surface area contributed by atoms with Crippen LogP contribution in [0.25, 0.3) is 10.9 Å². The highest BCUT2D eigenvalue weighted by Gasteiger charge is 2.03. The number of aryl methyl sites for hydroxylation is 1. The van der Waals surface area contributed by atoms with Crippen molar-refractivity contribution >= 4 is 22.5 Å². The van der Waals surface area contributed by atoms with E-state index >= 15 is 0 Å². The molecular weight excluding hydrogens is 220 g/mol. The fraction of sp³-hybridized carbons (Fsp3) is 0.308. The van der Waals surface area contributed by atoms with Gasteiger partial charge in [0.1, 0.15) is 0 Å². The predicted molar refractivity (Wildman–Crippen MR) is 69.1 cm³/mol. The third kappa shape index (κ3) is 2.34. The van der Waals surface area contributed by atoms with Crippen LogP contribution in [-0.4, -0.2) is 18.6 Å². The zero-order valence-electron chi connectivity index (χ0n) is 9.55. The standard InChI is InChI=1S/C13H15ClN2/c1-9-7-10-8-11(14)3-4-13(10)16-12(9)5-6-15-2/h3-4,7-8,15H,5-6H2,1-2H3. The molecule has 1 aromatic carbocycles. The van der Waals surface area contributed by atoms with Crippen molar-refractivity contribution in [2.75, 3.05) is 13.6 Å². The number of nitrogens with one attached hydrogen (secondary N) is 1. The molecule has 0 radical (unpaired) electrons. The summed E-state index contributed by atoms with van der Waals surface area (Å²) in [5.74, 6) is 0. The molecule has 2 aromatic rings. The lowest BCUT2D eigenvalue weighted by Crippen LogP contribution is -2.12. The molecule has 3 heteroatoms. The van der Waals surface area contributed by atoms with Gasteiger partial charge in [0.25, 0.3) is 0 Å². The number of halogens is 1. The number of aromatic nitrogens is 1. The van der Waals surface area contributed by atoms with Crippen molar-refractivity contribution in [2.45, 2.75) is 13.3 Å². The molecule has 0 saturated carbocycles. The summed E-state index contributed by atoms with van der Waals surface area (Å²) in [6, 6.07) is 7.96. The van der Waals surface area contributed by atoms with Crippen LogP contribution in [0.4, 0.5) is 0 Å². The molecule has 2 rings (SSSR count). The van der Waals surface area contributed by atoms with E-state index in [0.717, 1.165) is 34.6 Å². The number of pyridine rings is 1. The number of nitrogens with zero attached hydrogens (tertiary/aromatic N) is 1. The maximum absolute atomic E-state index is 5.96. The first-order chi connectivity index (χ1) is 7.70. The van der Waals surface area contributed by atoms with Gasteiger partial charge in [-0.3, -0.25) is 4.98 Å². The van der Waals surface area contributed by atoms with Gasteiger partial charge in [0.15, 0.2) is 0 Å². The van der Waals surface area contributed by atoms with Gasteiger partial charge < -0.3 is 5.32 Å². The molecule has 0 aliphatic heterocycles. The average Bonchev–Trinajstić information content (AvgIpc) is 2.26. The van der Waals surface area contributed by atoms with Crippen molar-refractivity contribution in [1.82, 2.24) is 10.3 Å². The largest absolute Gasteiger partial charge is 0.319 e. The lowest BCUT2D eigenvalue weighted by atomic mass is 10.1. The quantitative estimate of drug-likeness (QED) is 0.883. The molecule has 16 heavy (non-hydrogen) atoms. The molecule has 0 aliphatic carbocycles. The number of rotatable bonds is 3. The van der Waals surface area contributed by atoms with Crippen molar-refractivity contribution in [2.24, 2.45) is 0 Å². The third-order valence-corrected chi connectivity index (χ3v) is 2.92. The fourth-order valence-corrected chi connectivity index (χ4v) is 1.97. The van der Waals surface area contributed by atoms with Crippen molar-refractivity contribution in [3.8, 4) is 0 Å². The van der Waals surface area contributed by atoms with E-state index in [1.165, 1.54) is 5.56 Å². The number of hydrogen-bond acceptors (Lipinski definition) is 2. The van der Waals surface area contributed by atoms with Gasteiger partial charge in [0.05, 0.1) is 5.52 Å². The zero-order chi connectivity index (χ0) is 11.5. The minimum atomic E-state index is 0.761. The Morgan fingerprint density at radius 2 is 2.12 bits per heavy atom. The van der Waals surface area contributed by atoms with Crippen LogP contribution in [0.1, 0.15) is 11.3 Å². The van der Waals surface area contributed by atoms with E-state index in [1.807, 2.05) is 25.2 Å². The number of hydrogen-bond donors (Lipinski definition) is 1. The van der Waals surface area contributed by atoms with Crippen LogP contribution in [0.5, 0.6) is 0 Å². The minimum Gasteiger partial charge on any atom is -0.319 e. The summed E-state index contributed by atoms with van der Waals surface area (Å²) in [6.45, 7) is 3.05. The van der Waals surface area contributed by atoms with Gasteiger partial charge >= 0.3 is 0 Å². The Hall–Kier alpha value is -1.12. The highest BCUT2D eigenvalue weighted by Crippen LogP contribution is 2.20. The number of likely N-dealkylation sites (N-methyl/N-ethyl adjacent to an activating group) is 1. The highest BCUT2D eigenvalue weighted by atomic mass is 35.5. The monoisotopic (exact) mass is 234 g/mol. The molecule has 84 valence electrons. The summed E-state index contributed by atoms with van der Waals surface area (Å²) in [6.07, 6.45) is 0.959. The first-order valence-corrected chi connectivity index (χ1v) is 5.79. The maximum atomic E-state index is 5.96. The Morgan fingerprint density at radius 3 is 2.88 bits per heavy atom. The summed E-state index contributed by atoms with van der Waals surface area (Å²) in [5.41, 5.74) is 3.40. The van der Waals surface area contributed by atoms with E-state index in [2.05, 4.69) is 23.3 Å². The van der Waals surface area contributed by atoms with Gasteiger partial charge in [-0.05, 0) is 43.8 Å². The summed E-state index contributed by atoms with van der Waals surface area (Å²) in [5, 5.41) is 5.01. The molecular formula is C13H15ClN2. The second-order valence-corrected chi connectivity index (χ2v) is 4.38. The normalized spacial score (nSPS) is 10.9. The summed E-state index contributed by atoms with van der Waals surface area (Å²) >= 11 is 5.96. The second kappa shape index (κ2) is 4.81. The molecule has 2 nitrogen and oxygen atoms in total. The Balaban J connectivity index is 2.45. The van der Waals surface area contributed by atoms with E-state index < -0.39 is 0 Å². The zero-order valence-corrected chi connectivity index (χ0v) is 10.3. The number of benzene rings is 1. The van der Waals surface area contributed by atoms with Crippen molar-refractivity contribution in [3.05, 3.63) is 40.5 Å². The third-order valence-electron chi connectivity index (χ3n) is 2.68. The van der Waals surface area contributed by atoms with Crippen molar-refractivity contribution in [1.29, 1.82) is 0 Å². The van der Waals surface area contributed by atoms with Gasteiger partial charge in [-0.25, -0.2) is 0 Å². The van der Waals surface area contributed by atoms with Gasteiger partial charge in [-0.2, -0.15) is 0 Å². The Kier molecular flexibility index (Phi) is 3.42. The first-order valence-electron chi connectivity index (χ1n) is 5.41. The van der Waals surface area contributed by atoms with E-state index in [0.29, 0.717) is 0 Å². The van der Waals surface area contributed by atoms with E-state index in [1.54, 1.807) is 0 Å². The topological polar surface area (TPSA) is 24.9 Å². The molecule has 0 amide bonds. The molecule has 0 spiro atoms. The Morgan fingerprint density at radius 1 is 1.31 bits per heavy atom. The van der Waals surface area contributed by atoms with E-state index in [9.17, 15) is 0 Å². The van der Waals surface area contributed by atoms with E-state index in [4.69, 9.17) is 11.6 Å². The highest BCUT2D eigenvalue weighted by molar-refractivity contribution is 6.31. The van der Waals surface area contributed by atoms with Crippen LogP contribution in [0.15, 0.2) is 24.3 Å². The van der Waals surface area contributed by atoms with Gasteiger partial charge in [-0.15, -0.1) is 0 Å². The van der Waals surface area contributed by atoms with Crippen molar-refractivity contribution < 1.29 is 0 Å². The van der Waals surface area contributed by atoms with Gasteiger partial charge in [0.2, 0.25) is 0 Å². The summed E-state index contributed by atoms with van der Waals surface area (Å²) in [4.78, 5) is 4.65. The molecule has 0 saturated heterocycles. The van der Waals surface area contributed by atoms with Crippen LogP contribution >= 0.6 is 11.6 Å². The minimum absolute atomic E-state index is 0.761. The summed E-state index contributed by atoms with van der Waals surface area (Å²) < 4.78 is 0. The smallest absolute Gasteiger partial charge is 0.0706 e.